The zero-order valence-electron chi connectivity index (χ0n) is 8.42. The Kier molecular flexibility index (Phi) is 4.39. The van der Waals surface area contributed by atoms with Gasteiger partial charge in [0, 0.05) is 4.47 Å². The maximum atomic E-state index is 11.8. The predicted octanol–water partition coefficient (Wildman–Crippen LogP) is 3.48. The summed E-state index contributed by atoms with van der Waals surface area (Å²) in [6.07, 6.45) is -5.36. The highest BCUT2D eigenvalue weighted by Crippen LogP contribution is 2.24. The van der Waals surface area contributed by atoms with Gasteiger partial charge in [0.2, 0.25) is 0 Å². The minimum Gasteiger partial charge on any atom is -0.493 e. The number of aromatic carboxylic acids is 1. The number of hydrogen-bond acceptors (Lipinski definition) is 2. The van der Waals surface area contributed by atoms with Crippen LogP contribution in [-0.2, 0) is 0 Å². The van der Waals surface area contributed by atoms with Crippen molar-refractivity contribution < 1.29 is 27.8 Å². The fourth-order valence-electron chi connectivity index (χ4n) is 1.04. The Labute approximate surface area is 103 Å². The van der Waals surface area contributed by atoms with Crippen molar-refractivity contribution in [2.75, 3.05) is 6.61 Å². The van der Waals surface area contributed by atoms with Crippen molar-refractivity contribution in [2.45, 2.75) is 12.6 Å². The van der Waals surface area contributed by atoms with E-state index < -0.39 is 25.2 Å². The normalized spacial score (nSPS) is 11.3. The van der Waals surface area contributed by atoms with Gasteiger partial charge in [-0.05, 0) is 34.1 Å². The van der Waals surface area contributed by atoms with E-state index in [4.69, 9.17) is 9.84 Å². The van der Waals surface area contributed by atoms with Crippen molar-refractivity contribution in [3.05, 3.63) is 28.2 Å². The third-order valence-electron chi connectivity index (χ3n) is 1.82. The summed E-state index contributed by atoms with van der Waals surface area (Å²) in [7, 11) is 0. The minimum absolute atomic E-state index is 0.0606. The highest BCUT2D eigenvalue weighted by atomic mass is 79.9. The van der Waals surface area contributed by atoms with Gasteiger partial charge in [0.1, 0.15) is 5.75 Å². The standard InChI is InChI=1S/C10H8BrF3O3/c11-8-2-1-6(5-7(8)9(15)16)17-4-3-10(12,13)14/h1-2,5H,3-4H2,(H,15,16). The minimum atomic E-state index is -4.29. The van der Waals surface area contributed by atoms with E-state index in [2.05, 4.69) is 15.9 Å². The molecule has 1 aromatic carbocycles. The van der Waals surface area contributed by atoms with Gasteiger partial charge < -0.3 is 9.84 Å². The number of alkyl halides is 3. The van der Waals surface area contributed by atoms with Crippen molar-refractivity contribution >= 4 is 21.9 Å². The largest absolute Gasteiger partial charge is 0.493 e. The molecule has 0 heterocycles. The fraction of sp³-hybridized carbons (Fsp3) is 0.300. The Balaban J connectivity index is 2.67. The summed E-state index contributed by atoms with van der Waals surface area (Å²) in [5, 5.41) is 8.78. The van der Waals surface area contributed by atoms with E-state index in [0.717, 1.165) is 0 Å². The molecule has 17 heavy (non-hydrogen) atoms. The molecule has 0 amide bonds. The monoisotopic (exact) mass is 312 g/mol. The van der Waals surface area contributed by atoms with Gasteiger partial charge in [-0.2, -0.15) is 13.2 Å². The lowest BCUT2D eigenvalue weighted by atomic mass is 10.2. The number of hydrogen-bond donors (Lipinski definition) is 1. The molecule has 7 heteroatoms. The van der Waals surface area contributed by atoms with Crippen LogP contribution in [0.25, 0.3) is 0 Å². The Hall–Kier alpha value is -1.24. The molecule has 0 atom stereocenters. The van der Waals surface area contributed by atoms with Gasteiger partial charge in [-0.3, -0.25) is 0 Å². The molecule has 0 aromatic heterocycles. The molecule has 0 bridgehead atoms. The van der Waals surface area contributed by atoms with Crippen LogP contribution in [0.4, 0.5) is 13.2 Å². The Morgan fingerprint density at radius 3 is 2.59 bits per heavy atom. The summed E-state index contributed by atoms with van der Waals surface area (Å²) in [5.41, 5.74) is -0.0606. The Bertz CT molecular complexity index is 418. The van der Waals surface area contributed by atoms with E-state index in [-0.39, 0.29) is 11.3 Å². The van der Waals surface area contributed by atoms with Crippen LogP contribution in [0.2, 0.25) is 0 Å². The molecular formula is C10H8BrF3O3. The average molecular weight is 313 g/mol. The number of carbonyl (C=O) groups is 1. The van der Waals surface area contributed by atoms with Crippen LogP contribution in [-0.4, -0.2) is 23.9 Å². The van der Waals surface area contributed by atoms with Crippen molar-refractivity contribution in [1.29, 1.82) is 0 Å². The molecule has 94 valence electrons. The summed E-state index contributed by atoms with van der Waals surface area (Å²) in [6, 6.07) is 3.97. The fourth-order valence-corrected chi connectivity index (χ4v) is 1.46. The topological polar surface area (TPSA) is 46.5 Å². The van der Waals surface area contributed by atoms with Crippen LogP contribution in [0.3, 0.4) is 0 Å². The summed E-state index contributed by atoms with van der Waals surface area (Å²) < 4.78 is 40.7. The Morgan fingerprint density at radius 1 is 1.41 bits per heavy atom. The summed E-state index contributed by atoms with van der Waals surface area (Å²) in [5.74, 6) is -1.09. The predicted molar refractivity (Wildman–Crippen MR) is 57.3 cm³/mol. The van der Waals surface area contributed by atoms with Crippen LogP contribution in [0.5, 0.6) is 5.75 Å². The second-order valence-corrected chi connectivity index (χ2v) is 4.01. The first-order valence-electron chi connectivity index (χ1n) is 4.52. The molecule has 0 fully saturated rings. The van der Waals surface area contributed by atoms with Crippen molar-refractivity contribution in [2.24, 2.45) is 0 Å². The molecular weight excluding hydrogens is 305 g/mol. The van der Waals surface area contributed by atoms with Gasteiger partial charge >= 0.3 is 12.1 Å². The van der Waals surface area contributed by atoms with Crippen molar-refractivity contribution in [3.8, 4) is 5.75 Å². The number of rotatable bonds is 4. The highest BCUT2D eigenvalue weighted by molar-refractivity contribution is 9.10. The molecule has 0 spiro atoms. The van der Waals surface area contributed by atoms with Gasteiger partial charge in [-0.1, -0.05) is 0 Å². The smallest absolute Gasteiger partial charge is 0.392 e. The first-order chi connectivity index (χ1) is 7.79. The number of carboxylic acid groups (broad SMARTS) is 1. The van der Waals surface area contributed by atoms with Gasteiger partial charge in [0.25, 0.3) is 0 Å². The van der Waals surface area contributed by atoms with Gasteiger partial charge in [-0.25, -0.2) is 4.79 Å². The third kappa shape index (κ3) is 4.64. The SMILES string of the molecule is O=C(O)c1cc(OCCC(F)(F)F)ccc1Br. The third-order valence-corrected chi connectivity index (χ3v) is 2.51. The quantitative estimate of drug-likeness (QED) is 0.926. The van der Waals surface area contributed by atoms with Gasteiger partial charge in [0.15, 0.2) is 0 Å². The van der Waals surface area contributed by atoms with E-state index in [0.29, 0.717) is 4.47 Å². The zero-order valence-corrected chi connectivity index (χ0v) is 10.0. The van der Waals surface area contributed by atoms with E-state index in [1.165, 1.54) is 18.2 Å². The number of carboxylic acids is 1. The average Bonchev–Trinajstić information content (AvgIpc) is 2.18. The lowest BCUT2D eigenvalue weighted by molar-refractivity contribution is -0.139. The molecule has 0 unspecified atom stereocenters. The summed E-state index contributed by atoms with van der Waals surface area (Å²) in [6.45, 7) is -0.538. The molecule has 0 aliphatic carbocycles. The molecule has 0 aliphatic heterocycles. The van der Waals surface area contributed by atoms with Crippen molar-refractivity contribution in [3.63, 3.8) is 0 Å². The first-order valence-corrected chi connectivity index (χ1v) is 5.31. The zero-order chi connectivity index (χ0) is 13.1. The molecule has 0 radical (unpaired) electrons. The lowest BCUT2D eigenvalue weighted by Gasteiger charge is -2.09. The van der Waals surface area contributed by atoms with Crippen LogP contribution < -0.4 is 4.74 Å². The van der Waals surface area contributed by atoms with Crippen LogP contribution in [0, 0.1) is 0 Å². The summed E-state index contributed by atoms with van der Waals surface area (Å²) >= 11 is 3.01. The maximum Gasteiger partial charge on any atom is 0.392 e. The van der Waals surface area contributed by atoms with E-state index in [1.807, 2.05) is 0 Å². The Morgan fingerprint density at radius 2 is 2.06 bits per heavy atom. The van der Waals surface area contributed by atoms with Crippen LogP contribution in [0.1, 0.15) is 16.8 Å². The lowest BCUT2D eigenvalue weighted by Crippen LogP contribution is -2.13. The van der Waals surface area contributed by atoms with Crippen molar-refractivity contribution in [1.82, 2.24) is 0 Å². The number of benzene rings is 1. The first kappa shape index (κ1) is 13.8. The van der Waals surface area contributed by atoms with E-state index >= 15 is 0 Å². The molecule has 3 nitrogen and oxygen atoms in total. The molecule has 0 saturated carbocycles. The maximum absolute atomic E-state index is 11.8. The second-order valence-electron chi connectivity index (χ2n) is 3.16. The molecule has 1 N–H and O–H groups in total. The molecule has 0 saturated heterocycles. The number of halogens is 4. The highest BCUT2D eigenvalue weighted by Gasteiger charge is 2.26. The van der Waals surface area contributed by atoms with Crippen LogP contribution in [0.15, 0.2) is 22.7 Å². The van der Waals surface area contributed by atoms with E-state index in [9.17, 15) is 18.0 Å². The van der Waals surface area contributed by atoms with E-state index in [1.54, 1.807) is 0 Å². The van der Waals surface area contributed by atoms with Crippen LogP contribution >= 0.6 is 15.9 Å². The second kappa shape index (κ2) is 5.39. The molecule has 1 aromatic rings. The summed E-state index contributed by atoms with van der Waals surface area (Å²) in [4.78, 5) is 10.7. The number of ether oxygens (including phenoxy) is 1. The molecule has 0 aliphatic rings. The van der Waals surface area contributed by atoms with Gasteiger partial charge in [0.05, 0.1) is 18.6 Å². The molecule has 1 rings (SSSR count). The van der Waals surface area contributed by atoms with Gasteiger partial charge in [-0.15, -0.1) is 0 Å².